The standard InChI is InChI=1S/C26H22N4O3S/c1-32-25(31)19-9-7-18(8-10-19)21-11-12-22(33-21)24-23(20-6-2-3-14-28-20)29-26(34)30(24)16-17-5-4-13-27-15-17/h2-15,23-24H,16H2,1H3,(H,29,34)/t23-,24-/m1/s1. The van der Waals surface area contributed by atoms with Crippen molar-refractivity contribution < 1.29 is 13.9 Å². The first kappa shape index (κ1) is 21.8. The van der Waals surface area contributed by atoms with Crippen LogP contribution in [0.15, 0.2) is 89.7 Å². The number of nitrogens with one attached hydrogen (secondary N) is 1. The van der Waals surface area contributed by atoms with E-state index < -0.39 is 0 Å². The Kier molecular flexibility index (Phi) is 6.05. The minimum atomic E-state index is -0.374. The Bertz CT molecular complexity index is 1290. The van der Waals surface area contributed by atoms with Crippen molar-refractivity contribution in [2.75, 3.05) is 7.11 Å². The summed E-state index contributed by atoms with van der Waals surface area (Å²) in [7, 11) is 1.37. The van der Waals surface area contributed by atoms with E-state index in [4.69, 9.17) is 21.4 Å². The lowest BCUT2D eigenvalue weighted by Gasteiger charge is -2.26. The van der Waals surface area contributed by atoms with Gasteiger partial charge in [-0.2, -0.15) is 0 Å². The highest BCUT2D eigenvalue weighted by Gasteiger charge is 2.41. The largest absolute Gasteiger partial charge is 0.465 e. The first-order valence-electron chi connectivity index (χ1n) is 10.8. The molecule has 0 bridgehead atoms. The molecule has 2 atom stereocenters. The highest BCUT2D eigenvalue weighted by molar-refractivity contribution is 7.80. The zero-order valence-corrected chi connectivity index (χ0v) is 19.2. The van der Waals surface area contributed by atoms with Gasteiger partial charge in [-0.25, -0.2) is 4.79 Å². The van der Waals surface area contributed by atoms with Gasteiger partial charge >= 0.3 is 5.97 Å². The number of carbonyl (C=O) groups excluding carboxylic acids is 1. The topological polar surface area (TPSA) is 80.5 Å². The molecule has 1 saturated heterocycles. The number of hydrogen-bond acceptors (Lipinski definition) is 6. The SMILES string of the molecule is COC(=O)c1ccc(-c2ccc([C@@H]3[C@@H](c4ccccn4)NC(=S)N3Cc3cccnc3)o2)cc1. The van der Waals surface area contributed by atoms with Gasteiger partial charge in [0.05, 0.1) is 24.4 Å². The molecule has 0 unspecified atom stereocenters. The summed E-state index contributed by atoms with van der Waals surface area (Å²) in [5.41, 5.74) is 3.27. The second kappa shape index (κ2) is 9.44. The van der Waals surface area contributed by atoms with E-state index in [9.17, 15) is 4.79 Å². The molecule has 0 radical (unpaired) electrons. The fourth-order valence-electron chi connectivity index (χ4n) is 4.13. The molecule has 170 valence electrons. The van der Waals surface area contributed by atoms with Gasteiger partial charge in [0.1, 0.15) is 17.6 Å². The van der Waals surface area contributed by atoms with Gasteiger partial charge in [0, 0.05) is 30.7 Å². The molecule has 34 heavy (non-hydrogen) atoms. The molecule has 5 rings (SSSR count). The molecule has 8 heteroatoms. The van der Waals surface area contributed by atoms with Crippen LogP contribution in [0.4, 0.5) is 0 Å². The first-order chi connectivity index (χ1) is 16.6. The number of pyridine rings is 2. The number of furan rings is 1. The average Bonchev–Trinajstić information content (AvgIpc) is 3.50. The molecular weight excluding hydrogens is 448 g/mol. The van der Waals surface area contributed by atoms with Gasteiger partial charge in [0.25, 0.3) is 0 Å². The smallest absolute Gasteiger partial charge is 0.337 e. The van der Waals surface area contributed by atoms with Gasteiger partial charge < -0.3 is 19.4 Å². The highest BCUT2D eigenvalue weighted by Crippen LogP contribution is 2.41. The number of esters is 1. The first-order valence-corrected chi connectivity index (χ1v) is 11.2. The summed E-state index contributed by atoms with van der Waals surface area (Å²) in [5.74, 6) is 1.09. The number of nitrogens with zero attached hydrogens (tertiary/aromatic N) is 3. The molecular formula is C26H22N4O3S. The Morgan fingerprint density at radius 1 is 1.09 bits per heavy atom. The van der Waals surface area contributed by atoms with Gasteiger partial charge in [0.15, 0.2) is 5.11 Å². The van der Waals surface area contributed by atoms with Gasteiger partial charge in [-0.1, -0.05) is 24.3 Å². The quantitative estimate of drug-likeness (QED) is 0.321. The normalized spacial score (nSPS) is 17.4. The van der Waals surface area contributed by atoms with Crippen molar-refractivity contribution >= 4 is 23.3 Å². The molecule has 0 amide bonds. The molecule has 7 nitrogen and oxygen atoms in total. The van der Waals surface area contributed by atoms with Crippen LogP contribution in [0.5, 0.6) is 0 Å². The number of carbonyl (C=O) groups is 1. The van der Waals surface area contributed by atoms with Crippen LogP contribution >= 0.6 is 12.2 Å². The van der Waals surface area contributed by atoms with Crippen LogP contribution in [0.2, 0.25) is 0 Å². The predicted octanol–water partition coefficient (Wildman–Crippen LogP) is 4.70. The number of benzene rings is 1. The Hall–Kier alpha value is -4.04. The minimum absolute atomic E-state index is 0.175. The molecule has 1 aliphatic rings. The molecule has 0 saturated carbocycles. The van der Waals surface area contributed by atoms with Crippen LogP contribution < -0.4 is 5.32 Å². The van der Waals surface area contributed by atoms with Crippen LogP contribution in [0.25, 0.3) is 11.3 Å². The Morgan fingerprint density at radius 2 is 1.94 bits per heavy atom. The number of thiocarbonyl (C=S) groups is 1. The fourth-order valence-corrected chi connectivity index (χ4v) is 4.43. The summed E-state index contributed by atoms with van der Waals surface area (Å²) in [6, 6.07) is 20.4. The van der Waals surface area contributed by atoms with Gasteiger partial charge in [0.2, 0.25) is 0 Å². The van der Waals surface area contributed by atoms with E-state index in [0.717, 1.165) is 22.6 Å². The fraction of sp³-hybridized carbons (Fsp3) is 0.154. The van der Waals surface area contributed by atoms with Crippen molar-refractivity contribution in [2.24, 2.45) is 0 Å². The summed E-state index contributed by atoms with van der Waals surface area (Å²) >= 11 is 5.73. The molecule has 3 aromatic heterocycles. The van der Waals surface area contributed by atoms with Crippen molar-refractivity contribution in [3.63, 3.8) is 0 Å². The van der Waals surface area contributed by atoms with E-state index in [-0.39, 0.29) is 18.1 Å². The van der Waals surface area contributed by atoms with Gasteiger partial charge in [-0.3, -0.25) is 9.97 Å². The van der Waals surface area contributed by atoms with E-state index >= 15 is 0 Å². The minimum Gasteiger partial charge on any atom is -0.465 e. The van der Waals surface area contributed by atoms with Crippen LogP contribution in [0.1, 0.15) is 39.5 Å². The van der Waals surface area contributed by atoms with Crippen LogP contribution in [-0.2, 0) is 11.3 Å². The van der Waals surface area contributed by atoms with Crippen LogP contribution in [-0.4, -0.2) is 33.1 Å². The Morgan fingerprint density at radius 3 is 2.65 bits per heavy atom. The van der Waals surface area contributed by atoms with Crippen LogP contribution in [0.3, 0.4) is 0 Å². The third-order valence-corrected chi connectivity index (χ3v) is 6.13. The molecule has 0 spiro atoms. The maximum atomic E-state index is 11.7. The van der Waals surface area contributed by atoms with Crippen LogP contribution in [0, 0.1) is 0 Å². The van der Waals surface area contributed by atoms with Crippen molar-refractivity contribution in [2.45, 2.75) is 18.6 Å². The molecule has 1 aromatic carbocycles. The second-order valence-corrected chi connectivity index (χ2v) is 8.27. The number of rotatable bonds is 6. The maximum Gasteiger partial charge on any atom is 0.337 e. The Balaban J connectivity index is 1.49. The molecule has 1 N–H and O–H groups in total. The van der Waals surface area contributed by atoms with E-state index in [1.165, 1.54) is 7.11 Å². The lowest BCUT2D eigenvalue weighted by atomic mass is 10.0. The number of aromatic nitrogens is 2. The third-order valence-electron chi connectivity index (χ3n) is 5.78. The van der Waals surface area contributed by atoms with Crippen molar-refractivity contribution in [1.29, 1.82) is 0 Å². The monoisotopic (exact) mass is 470 g/mol. The molecule has 0 aliphatic carbocycles. The van der Waals surface area contributed by atoms with Gasteiger partial charge in [-0.15, -0.1) is 0 Å². The maximum absolute atomic E-state index is 11.7. The number of ether oxygens (including phenoxy) is 1. The summed E-state index contributed by atoms with van der Waals surface area (Å²) in [5, 5.41) is 4.06. The summed E-state index contributed by atoms with van der Waals surface area (Å²) in [4.78, 5) is 22.7. The van der Waals surface area contributed by atoms with Gasteiger partial charge in [-0.05, 0) is 60.2 Å². The second-order valence-electron chi connectivity index (χ2n) is 7.89. The van der Waals surface area contributed by atoms with E-state index in [1.54, 1.807) is 24.5 Å². The molecule has 1 fully saturated rings. The summed E-state index contributed by atoms with van der Waals surface area (Å²) < 4.78 is 11.1. The highest BCUT2D eigenvalue weighted by atomic mass is 32.1. The number of methoxy groups -OCH3 is 1. The summed E-state index contributed by atoms with van der Waals surface area (Å²) in [6.45, 7) is 0.581. The lowest BCUT2D eigenvalue weighted by molar-refractivity contribution is 0.0600. The zero-order chi connectivity index (χ0) is 23.5. The lowest BCUT2D eigenvalue weighted by Crippen LogP contribution is -2.29. The third kappa shape index (κ3) is 4.27. The molecule has 4 aromatic rings. The Labute approximate surface area is 202 Å². The van der Waals surface area contributed by atoms with E-state index in [1.807, 2.05) is 60.8 Å². The van der Waals surface area contributed by atoms with E-state index in [2.05, 4.69) is 20.2 Å². The van der Waals surface area contributed by atoms with Crippen molar-refractivity contribution in [3.8, 4) is 11.3 Å². The van der Waals surface area contributed by atoms with E-state index in [0.29, 0.717) is 23.0 Å². The zero-order valence-electron chi connectivity index (χ0n) is 18.4. The molecule has 4 heterocycles. The molecule has 1 aliphatic heterocycles. The average molecular weight is 471 g/mol. The van der Waals surface area contributed by atoms with Crippen molar-refractivity contribution in [1.82, 2.24) is 20.2 Å². The summed E-state index contributed by atoms with van der Waals surface area (Å²) in [6.07, 6.45) is 5.37. The van der Waals surface area contributed by atoms with Crippen molar-refractivity contribution in [3.05, 3.63) is 108 Å². The number of hydrogen-bond donors (Lipinski definition) is 1. The predicted molar refractivity (Wildman–Crippen MR) is 131 cm³/mol.